The first-order valence-corrected chi connectivity index (χ1v) is 4.30. The zero-order valence-corrected chi connectivity index (χ0v) is 8.20. The van der Waals surface area contributed by atoms with E-state index in [1.54, 1.807) is 12.1 Å². The average Bonchev–Trinajstić information content (AvgIpc) is 2.15. The molecule has 0 spiro atoms. The van der Waals surface area contributed by atoms with Crippen LogP contribution in [0.2, 0.25) is 0 Å². The van der Waals surface area contributed by atoms with Crippen LogP contribution in [-0.2, 0) is 4.79 Å². The van der Waals surface area contributed by atoms with Crippen LogP contribution in [0.15, 0.2) is 18.3 Å². The van der Waals surface area contributed by atoms with Crippen LogP contribution < -0.4 is 5.32 Å². The lowest BCUT2D eigenvalue weighted by molar-refractivity contribution is -0.116. The molecule has 1 amide bonds. The number of nitrogens with zero attached hydrogens (tertiary/aromatic N) is 1. The van der Waals surface area contributed by atoms with Crippen molar-refractivity contribution in [3.05, 3.63) is 29.6 Å². The number of nitrogens with one attached hydrogen (secondary N) is 1. The molecule has 4 heteroatoms. The maximum atomic E-state index is 11.4. The maximum absolute atomic E-state index is 11.4. The van der Waals surface area contributed by atoms with E-state index < -0.39 is 0 Å². The Labute approximate surface area is 82.3 Å². The van der Waals surface area contributed by atoms with E-state index in [1.807, 2.05) is 6.92 Å². The molecular formula is C10H12N2O2. The minimum absolute atomic E-state index is 0.0622. The lowest BCUT2D eigenvalue weighted by atomic mass is 10.2. The quantitative estimate of drug-likeness (QED) is 0.767. The highest BCUT2D eigenvalue weighted by molar-refractivity contribution is 5.96. The summed E-state index contributed by atoms with van der Waals surface area (Å²) in [6, 6.07) is 3.43. The van der Waals surface area contributed by atoms with Gasteiger partial charge in [0.05, 0.1) is 12.1 Å². The van der Waals surface area contributed by atoms with Crippen LogP contribution in [-0.4, -0.2) is 23.2 Å². The van der Waals surface area contributed by atoms with Crippen LogP contribution >= 0.6 is 0 Å². The fourth-order valence-electron chi connectivity index (χ4n) is 0.909. The monoisotopic (exact) mass is 192 g/mol. The summed E-state index contributed by atoms with van der Waals surface area (Å²) >= 11 is 0. The zero-order chi connectivity index (χ0) is 10.6. The summed E-state index contributed by atoms with van der Waals surface area (Å²) in [5, 5.41) is 2.49. The predicted molar refractivity (Wildman–Crippen MR) is 52.0 cm³/mol. The van der Waals surface area contributed by atoms with Crippen molar-refractivity contribution < 1.29 is 9.59 Å². The Kier molecular flexibility index (Phi) is 3.34. The number of rotatable bonds is 3. The lowest BCUT2D eigenvalue weighted by Crippen LogP contribution is -2.28. The highest BCUT2D eigenvalue weighted by atomic mass is 16.2. The smallest absolute Gasteiger partial charge is 0.253 e. The fraction of sp³-hybridized carbons (Fsp3) is 0.300. The largest absolute Gasteiger partial charge is 0.345 e. The minimum Gasteiger partial charge on any atom is -0.345 e. The third-order valence-electron chi connectivity index (χ3n) is 1.67. The molecule has 0 radical (unpaired) electrons. The second-order valence-electron chi connectivity index (χ2n) is 3.07. The summed E-state index contributed by atoms with van der Waals surface area (Å²) in [5.74, 6) is -0.342. The third kappa shape index (κ3) is 2.97. The van der Waals surface area contributed by atoms with E-state index in [1.165, 1.54) is 13.1 Å². The Hall–Kier alpha value is -1.71. The third-order valence-corrected chi connectivity index (χ3v) is 1.67. The van der Waals surface area contributed by atoms with Gasteiger partial charge in [-0.1, -0.05) is 0 Å². The molecule has 0 aromatic carbocycles. The summed E-state index contributed by atoms with van der Waals surface area (Å²) in [6.07, 6.45) is 1.49. The van der Waals surface area contributed by atoms with Gasteiger partial charge in [-0.25, -0.2) is 0 Å². The van der Waals surface area contributed by atoms with Gasteiger partial charge < -0.3 is 5.32 Å². The Balaban J connectivity index is 2.61. The van der Waals surface area contributed by atoms with Crippen LogP contribution in [0.3, 0.4) is 0 Å². The number of carbonyl (C=O) groups excluding carboxylic acids is 2. The van der Waals surface area contributed by atoms with Crippen molar-refractivity contribution >= 4 is 11.7 Å². The van der Waals surface area contributed by atoms with Gasteiger partial charge in [-0.3, -0.25) is 14.6 Å². The molecule has 0 saturated heterocycles. The SMILES string of the molecule is CC(=O)CNC(=O)c1ccc(C)nc1. The molecule has 4 nitrogen and oxygen atoms in total. The standard InChI is InChI=1S/C10H12N2O2/c1-7-3-4-9(6-11-7)10(14)12-5-8(2)13/h3-4,6H,5H2,1-2H3,(H,12,14). The van der Waals surface area contributed by atoms with E-state index in [0.717, 1.165) is 5.69 Å². The van der Waals surface area contributed by atoms with Gasteiger partial charge in [-0.15, -0.1) is 0 Å². The van der Waals surface area contributed by atoms with E-state index in [-0.39, 0.29) is 18.2 Å². The number of carbonyl (C=O) groups is 2. The summed E-state index contributed by atoms with van der Waals surface area (Å²) in [6.45, 7) is 3.33. The fourth-order valence-corrected chi connectivity index (χ4v) is 0.909. The highest BCUT2D eigenvalue weighted by Crippen LogP contribution is 1.98. The van der Waals surface area contributed by atoms with Gasteiger partial charge >= 0.3 is 0 Å². The van der Waals surface area contributed by atoms with Crippen molar-refractivity contribution in [3.63, 3.8) is 0 Å². The van der Waals surface area contributed by atoms with E-state index >= 15 is 0 Å². The topological polar surface area (TPSA) is 59.1 Å². The number of ketones is 1. The molecule has 0 unspecified atom stereocenters. The predicted octanol–water partition coefficient (Wildman–Crippen LogP) is 0.709. The first-order chi connectivity index (χ1) is 6.59. The summed E-state index contributed by atoms with van der Waals surface area (Å²) in [7, 11) is 0. The molecular weight excluding hydrogens is 180 g/mol. The van der Waals surface area contributed by atoms with Crippen LogP contribution in [0, 0.1) is 6.92 Å². The molecule has 1 aromatic heterocycles. The van der Waals surface area contributed by atoms with Crippen LogP contribution in [0.4, 0.5) is 0 Å². The number of pyridine rings is 1. The molecule has 74 valence electrons. The molecule has 1 N–H and O–H groups in total. The van der Waals surface area contributed by atoms with Crippen molar-refractivity contribution in [1.29, 1.82) is 0 Å². The maximum Gasteiger partial charge on any atom is 0.253 e. The number of aromatic nitrogens is 1. The normalized spacial score (nSPS) is 9.57. The molecule has 0 fully saturated rings. The summed E-state index contributed by atoms with van der Waals surface area (Å²) in [4.78, 5) is 25.9. The molecule has 1 heterocycles. The van der Waals surface area contributed by atoms with Crippen LogP contribution in [0.5, 0.6) is 0 Å². The first kappa shape index (κ1) is 10.4. The van der Waals surface area contributed by atoms with Crippen molar-refractivity contribution in [2.45, 2.75) is 13.8 Å². The Morgan fingerprint density at radius 2 is 2.14 bits per heavy atom. The summed E-state index contributed by atoms with van der Waals surface area (Å²) < 4.78 is 0. The second-order valence-corrected chi connectivity index (χ2v) is 3.07. The minimum atomic E-state index is -0.271. The van der Waals surface area contributed by atoms with E-state index in [4.69, 9.17) is 0 Å². The van der Waals surface area contributed by atoms with Crippen molar-refractivity contribution in [2.75, 3.05) is 6.54 Å². The van der Waals surface area contributed by atoms with Crippen molar-refractivity contribution in [1.82, 2.24) is 10.3 Å². The first-order valence-electron chi connectivity index (χ1n) is 4.30. The van der Waals surface area contributed by atoms with Crippen molar-refractivity contribution in [2.24, 2.45) is 0 Å². The van der Waals surface area contributed by atoms with Crippen LogP contribution in [0.1, 0.15) is 23.0 Å². The Bertz CT molecular complexity index is 344. The number of hydrogen-bond acceptors (Lipinski definition) is 3. The number of Topliss-reactive ketones (excluding diaryl/α,β-unsaturated/α-hetero) is 1. The van der Waals surface area contributed by atoms with Gasteiger partial charge in [0.15, 0.2) is 0 Å². The molecule has 1 rings (SSSR count). The molecule has 0 bridgehead atoms. The van der Waals surface area contributed by atoms with Gasteiger partial charge in [-0.05, 0) is 26.0 Å². The molecule has 1 aromatic rings. The number of hydrogen-bond donors (Lipinski definition) is 1. The van der Waals surface area contributed by atoms with Gasteiger partial charge in [-0.2, -0.15) is 0 Å². The highest BCUT2D eigenvalue weighted by Gasteiger charge is 2.05. The van der Waals surface area contributed by atoms with E-state index in [0.29, 0.717) is 5.56 Å². The number of amides is 1. The van der Waals surface area contributed by atoms with Gasteiger partial charge in [0.25, 0.3) is 5.91 Å². The van der Waals surface area contributed by atoms with E-state index in [2.05, 4.69) is 10.3 Å². The van der Waals surface area contributed by atoms with Crippen molar-refractivity contribution in [3.8, 4) is 0 Å². The molecule has 0 saturated carbocycles. The molecule has 0 atom stereocenters. The molecule has 0 aliphatic carbocycles. The molecule has 0 aliphatic rings. The van der Waals surface area contributed by atoms with E-state index in [9.17, 15) is 9.59 Å². The Morgan fingerprint density at radius 3 is 2.64 bits per heavy atom. The van der Waals surface area contributed by atoms with Gasteiger partial charge in [0, 0.05) is 11.9 Å². The molecule has 14 heavy (non-hydrogen) atoms. The average molecular weight is 192 g/mol. The van der Waals surface area contributed by atoms with Crippen LogP contribution in [0.25, 0.3) is 0 Å². The second kappa shape index (κ2) is 4.50. The number of aryl methyl sites for hydroxylation is 1. The van der Waals surface area contributed by atoms with Gasteiger partial charge in [0.1, 0.15) is 5.78 Å². The molecule has 0 aliphatic heterocycles. The lowest BCUT2D eigenvalue weighted by Gasteiger charge is -2.02. The zero-order valence-electron chi connectivity index (χ0n) is 8.20. The van der Waals surface area contributed by atoms with Gasteiger partial charge in [0.2, 0.25) is 0 Å². The Morgan fingerprint density at radius 1 is 1.43 bits per heavy atom. The summed E-state index contributed by atoms with van der Waals surface area (Å²) in [5.41, 5.74) is 1.32.